The predicted octanol–water partition coefficient (Wildman–Crippen LogP) is -0.436. The number of ether oxygens (including phenoxy) is 1. The maximum Gasteiger partial charge on any atom is 0.294 e. The van der Waals surface area contributed by atoms with Gasteiger partial charge >= 0.3 is 0 Å². The van der Waals surface area contributed by atoms with Crippen LogP contribution in [0.3, 0.4) is 0 Å². The summed E-state index contributed by atoms with van der Waals surface area (Å²) < 4.78 is 5.05. The molecule has 0 radical (unpaired) electrons. The number of rotatable bonds is 8. The Morgan fingerprint density at radius 1 is 1.53 bits per heavy atom. The van der Waals surface area contributed by atoms with Crippen molar-refractivity contribution in [3.63, 3.8) is 0 Å². The summed E-state index contributed by atoms with van der Waals surface area (Å²) in [5.74, 6) is -0.346. The highest BCUT2D eigenvalue weighted by molar-refractivity contribution is 5.80. The molecule has 1 amide bonds. The third kappa shape index (κ3) is 3.98. The molecule has 0 spiro atoms. The van der Waals surface area contributed by atoms with Crippen LogP contribution in [-0.2, 0) is 14.3 Å². The highest BCUT2D eigenvalue weighted by Gasteiger charge is 2.34. The van der Waals surface area contributed by atoms with E-state index in [1.54, 1.807) is 0 Å². The Morgan fingerprint density at radius 2 is 2.29 bits per heavy atom. The van der Waals surface area contributed by atoms with E-state index in [9.17, 15) is 9.59 Å². The Bertz CT molecular complexity index is 260. The first-order valence-corrected chi connectivity index (χ1v) is 6.05. The molecule has 1 unspecified atom stereocenters. The van der Waals surface area contributed by atoms with E-state index in [0.717, 1.165) is 32.2 Å². The van der Waals surface area contributed by atoms with Gasteiger partial charge in [0.05, 0.1) is 6.04 Å². The third-order valence-electron chi connectivity index (χ3n) is 3.11. The van der Waals surface area contributed by atoms with Crippen LogP contribution in [0.2, 0.25) is 0 Å². The average molecular weight is 243 g/mol. The van der Waals surface area contributed by atoms with Crippen LogP contribution in [0.25, 0.3) is 0 Å². The number of nitrogens with two attached hydrogens (primary N) is 2. The van der Waals surface area contributed by atoms with Crippen LogP contribution in [0.5, 0.6) is 0 Å². The molecule has 1 rings (SSSR count). The molecule has 6 heteroatoms. The van der Waals surface area contributed by atoms with Crippen molar-refractivity contribution in [1.82, 2.24) is 4.90 Å². The van der Waals surface area contributed by atoms with Gasteiger partial charge in [-0.3, -0.25) is 14.5 Å². The molecule has 0 saturated carbocycles. The van der Waals surface area contributed by atoms with Crippen molar-refractivity contribution in [2.75, 3.05) is 13.1 Å². The Kier molecular flexibility index (Phi) is 5.93. The Morgan fingerprint density at radius 3 is 2.88 bits per heavy atom. The highest BCUT2D eigenvalue weighted by Crippen LogP contribution is 2.22. The second kappa shape index (κ2) is 7.24. The summed E-state index contributed by atoms with van der Waals surface area (Å²) in [6.07, 6.45) is 3.75. The lowest BCUT2D eigenvalue weighted by molar-refractivity contribution is -0.148. The van der Waals surface area contributed by atoms with E-state index in [1.807, 2.05) is 4.90 Å². The number of amides is 1. The van der Waals surface area contributed by atoms with Gasteiger partial charge in [-0.1, -0.05) is 0 Å². The zero-order chi connectivity index (χ0) is 12.7. The van der Waals surface area contributed by atoms with Gasteiger partial charge in [0.2, 0.25) is 5.91 Å². The first-order chi connectivity index (χ1) is 8.20. The summed E-state index contributed by atoms with van der Waals surface area (Å²) in [6, 6.07) is -0.308. The van der Waals surface area contributed by atoms with Crippen molar-refractivity contribution in [2.24, 2.45) is 11.5 Å². The monoisotopic (exact) mass is 243 g/mol. The number of hydrogen-bond acceptors (Lipinski definition) is 5. The van der Waals surface area contributed by atoms with Crippen LogP contribution in [0, 0.1) is 0 Å². The molecule has 0 aromatic heterocycles. The zero-order valence-electron chi connectivity index (χ0n) is 10.0. The molecule has 0 aromatic carbocycles. The number of carbonyl (C=O) groups is 2. The van der Waals surface area contributed by atoms with Gasteiger partial charge in [0.1, 0.15) is 0 Å². The van der Waals surface area contributed by atoms with E-state index < -0.39 is 0 Å². The normalized spacial score (nSPS) is 22.3. The minimum Gasteiger partial charge on any atom is -0.449 e. The number of carbonyl (C=O) groups excluding carboxylic acids is 2. The van der Waals surface area contributed by atoms with Gasteiger partial charge in [-0.05, 0) is 38.6 Å². The topological polar surface area (TPSA) is 98.7 Å². The molecular formula is C11H21N3O3. The van der Waals surface area contributed by atoms with Crippen LogP contribution in [0.15, 0.2) is 0 Å². The predicted molar refractivity (Wildman–Crippen MR) is 62.8 cm³/mol. The van der Waals surface area contributed by atoms with Gasteiger partial charge in [-0.2, -0.15) is 0 Å². The zero-order valence-corrected chi connectivity index (χ0v) is 10.0. The van der Waals surface area contributed by atoms with Gasteiger partial charge < -0.3 is 16.2 Å². The SMILES string of the molecule is NCCCCC(OC=O)N1CCC[C@H]1C(N)=O. The van der Waals surface area contributed by atoms with Crippen LogP contribution in [0.4, 0.5) is 0 Å². The van der Waals surface area contributed by atoms with E-state index in [-0.39, 0.29) is 18.2 Å². The molecule has 1 heterocycles. The highest BCUT2D eigenvalue weighted by atomic mass is 16.5. The second-order valence-corrected chi connectivity index (χ2v) is 4.27. The van der Waals surface area contributed by atoms with Crippen molar-refractivity contribution >= 4 is 12.4 Å². The number of hydrogen-bond donors (Lipinski definition) is 2. The van der Waals surface area contributed by atoms with E-state index in [0.29, 0.717) is 19.4 Å². The summed E-state index contributed by atoms with van der Waals surface area (Å²) >= 11 is 0. The summed E-state index contributed by atoms with van der Waals surface area (Å²) in [7, 11) is 0. The molecular weight excluding hydrogens is 222 g/mol. The number of likely N-dealkylation sites (tertiary alicyclic amines) is 1. The minimum atomic E-state index is -0.348. The van der Waals surface area contributed by atoms with Crippen LogP contribution in [-0.4, -0.2) is 42.6 Å². The number of primary amides is 1. The van der Waals surface area contributed by atoms with E-state index in [1.165, 1.54) is 0 Å². The van der Waals surface area contributed by atoms with Gasteiger partial charge in [-0.25, -0.2) is 0 Å². The molecule has 1 aliphatic rings. The quantitative estimate of drug-likeness (QED) is 0.445. The fourth-order valence-corrected chi connectivity index (χ4v) is 2.28. The van der Waals surface area contributed by atoms with Crippen molar-refractivity contribution in [3.8, 4) is 0 Å². The first kappa shape index (κ1) is 13.9. The summed E-state index contributed by atoms with van der Waals surface area (Å²) in [4.78, 5) is 23.6. The largest absolute Gasteiger partial charge is 0.449 e. The molecule has 2 atom stereocenters. The van der Waals surface area contributed by atoms with Crippen molar-refractivity contribution in [2.45, 2.75) is 44.4 Å². The fourth-order valence-electron chi connectivity index (χ4n) is 2.28. The molecule has 17 heavy (non-hydrogen) atoms. The van der Waals surface area contributed by atoms with Gasteiger partial charge in [0.15, 0.2) is 6.23 Å². The minimum absolute atomic E-state index is 0.308. The lowest BCUT2D eigenvalue weighted by atomic mass is 10.1. The molecule has 0 aliphatic carbocycles. The molecule has 1 saturated heterocycles. The number of nitrogens with zero attached hydrogens (tertiary/aromatic N) is 1. The summed E-state index contributed by atoms with van der Waals surface area (Å²) in [5, 5.41) is 0. The van der Waals surface area contributed by atoms with Crippen LogP contribution >= 0.6 is 0 Å². The Labute approximate surface area is 101 Å². The van der Waals surface area contributed by atoms with Crippen molar-refractivity contribution in [3.05, 3.63) is 0 Å². The molecule has 6 nitrogen and oxygen atoms in total. The fraction of sp³-hybridized carbons (Fsp3) is 0.818. The lowest BCUT2D eigenvalue weighted by Gasteiger charge is -2.29. The molecule has 1 fully saturated rings. The van der Waals surface area contributed by atoms with Crippen molar-refractivity contribution in [1.29, 1.82) is 0 Å². The second-order valence-electron chi connectivity index (χ2n) is 4.27. The molecule has 0 bridgehead atoms. The molecule has 98 valence electrons. The van der Waals surface area contributed by atoms with Crippen LogP contribution in [0.1, 0.15) is 32.1 Å². The van der Waals surface area contributed by atoms with E-state index >= 15 is 0 Å². The molecule has 0 aromatic rings. The van der Waals surface area contributed by atoms with Gasteiger partial charge in [0.25, 0.3) is 6.47 Å². The van der Waals surface area contributed by atoms with Gasteiger partial charge in [0, 0.05) is 6.54 Å². The van der Waals surface area contributed by atoms with Crippen molar-refractivity contribution < 1.29 is 14.3 Å². The summed E-state index contributed by atoms with van der Waals surface area (Å²) in [6.45, 7) is 1.80. The lowest BCUT2D eigenvalue weighted by Crippen LogP contribution is -2.47. The number of unbranched alkanes of at least 4 members (excludes halogenated alkanes) is 1. The maximum atomic E-state index is 11.3. The smallest absolute Gasteiger partial charge is 0.294 e. The molecule has 1 aliphatic heterocycles. The van der Waals surface area contributed by atoms with Crippen LogP contribution < -0.4 is 11.5 Å². The Balaban J connectivity index is 2.55. The maximum absolute atomic E-state index is 11.3. The third-order valence-corrected chi connectivity index (χ3v) is 3.11. The van der Waals surface area contributed by atoms with Gasteiger partial charge in [-0.15, -0.1) is 0 Å². The summed E-state index contributed by atoms with van der Waals surface area (Å²) in [5.41, 5.74) is 10.8. The Hall–Kier alpha value is -1.14. The molecule has 4 N–H and O–H groups in total. The first-order valence-electron chi connectivity index (χ1n) is 6.05. The average Bonchev–Trinajstić information content (AvgIpc) is 2.77. The van der Waals surface area contributed by atoms with E-state index in [2.05, 4.69) is 0 Å². The van der Waals surface area contributed by atoms with E-state index in [4.69, 9.17) is 16.2 Å². The standard InChI is InChI=1S/C11H21N3O3/c12-6-2-1-5-10(17-8-15)14-7-3-4-9(14)11(13)16/h8-10H,1-7,12H2,(H2,13,16)/t9-,10?/m0/s1.